The zero-order chi connectivity index (χ0) is 19.2. The van der Waals surface area contributed by atoms with Gasteiger partial charge in [0.25, 0.3) is 0 Å². The first kappa shape index (κ1) is 18.1. The van der Waals surface area contributed by atoms with Crippen LogP contribution in [-0.2, 0) is 4.74 Å². The highest BCUT2D eigenvalue weighted by Crippen LogP contribution is 2.16. The van der Waals surface area contributed by atoms with Crippen molar-refractivity contribution in [2.45, 2.75) is 6.92 Å². The van der Waals surface area contributed by atoms with Crippen LogP contribution in [0.4, 0.5) is 5.69 Å². The Hall–Kier alpha value is -3.67. The quantitative estimate of drug-likeness (QED) is 0.529. The second-order valence-corrected chi connectivity index (χ2v) is 5.68. The van der Waals surface area contributed by atoms with Crippen LogP contribution in [0.3, 0.4) is 0 Å². The third kappa shape index (κ3) is 4.30. The molecule has 1 aromatic heterocycles. The lowest BCUT2D eigenvalue weighted by molar-refractivity contribution is 0.0526. The monoisotopic (exact) mass is 362 g/mol. The number of aliphatic imine (C=N–C) groups is 1. The Morgan fingerprint density at radius 1 is 1.04 bits per heavy atom. The average molecular weight is 362 g/mol. The van der Waals surface area contributed by atoms with Crippen molar-refractivity contribution < 1.29 is 19.4 Å². The number of esters is 1. The number of carboxylic acid groups (broad SMARTS) is 1. The van der Waals surface area contributed by atoms with Crippen LogP contribution < -0.4 is 0 Å². The minimum Gasteiger partial charge on any atom is -0.478 e. The van der Waals surface area contributed by atoms with E-state index in [-0.39, 0.29) is 11.5 Å². The smallest absolute Gasteiger partial charge is 0.338 e. The third-order valence-electron chi connectivity index (χ3n) is 3.90. The average Bonchev–Trinajstić information content (AvgIpc) is 3.15. The normalized spacial score (nSPS) is 10.9. The first-order valence-corrected chi connectivity index (χ1v) is 8.41. The van der Waals surface area contributed by atoms with Crippen molar-refractivity contribution in [3.05, 3.63) is 83.7 Å². The summed E-state index contributed by atoms with van der Waals surface area (Å²) in [5.41, 5.74) is 3.11. The van der Waals surface area contributed by atoms with Gasteiger partial charge in [-0.25, -0.2) is 9.59 Å². The fourth-order valence-corrected chi connectivity index (χ4v) is 2.54. The van der Waals surface area contributed by atoms with Gasteiger partial charge in [-0.15, -0.1) is 0 Å². The lowest BCUT2D eigenvalue weighted by Gasteiger charge is -2.06. The van der Waals surface area contributed by atoms with E-state index < -0.39 is 5.97 Å². The van der Waals surface area contributed by atoms with Crippen LogP contribution in [0.15, 0.2) is 71.9 Å². The highest BCUT2D eigenvalue weighted by molar-refractivity contribution is 5.90. The van der Waals surface area contributed by atoms with Crippen molar-refractivity contribution >= 4 is 23.8 Å². The number of aromatic nitrogens is 1. The first-order valence-electron chi connectivity index (χ1n) is 8.41. The van der Waals surface area contributed by atoms with Crippen molar-refractivity contribution in [1.29, 1.82) is 0 Å². The van der Waals surface area contributed by atoms with E-state index in [9.17, 15) is 9.59 Å². The van der Waals surface area contributed by atoms with Crippen LogP contribution in [0.1, 0.15) is 33.3 Å². The van der Waals surface area contributed by atoms with Crippen LogP contribution >= 0.6 is 0 Å². The van der Waals surface area contributed by atoms with Gasteiger partial charge >= 0.3 is 11.9 Å². The number of hydrogen-bond donors (Lipinski definition) is 1. The molecule has 0 amide bonds. The molecule has 0 bridgehead atoms. The summed E-state index contributed by atoms with van der Waals surface area (Å²) in [5, 5.41) is 9.00. The molecule has 0 radical (unpaired) electrons. The molecule has 3 aromatic rings. The van der Waals surface area contributed by atoms with Gasteiger partial charge in [-0.05, 0) is 67.6 Å². The topological polar surface area (TPSA) is 80.9 Å². The van der Waals surface area contributed by atoms with Crippen molar-refractivity contribution in [3.63, 3.8) is 0 Å². The molecule has 0 aliphatic heterocycles. The molecule has 0 saturated carbocycles. The lowest BCUT2D eigenvalue weighted by Crippen LogP contribution is -2.03. The van der Waals surface area contributed by atoms with Gasteiger partial charge in [-0.1, -0.05) is 0 Å². The summed E-state index contributed by atoms with van der Waals surface area (Å²) in [6, 6.07) is 17.2. The van der Waals surface area contributed by atoms with Gasteiger partial charge in [-0.2, -0.15) is 0 Å². The molecule has 3 rings (SSSR count). The van der Waals surface area contributed by atoms with Gasteiger partial charge in [0.15, 0.2) is 0 Å². The molecular weight excluding hydrogens is 344 g/mol. The van der Waals surface area contributed by atoms with Gasteiger partial charge in [0, 0.05) is 11.9 Å². The van der Waals surface area contributed by atoms with Crippen LogP contribution in [-0.4, -0.2) is 34.4 Å². The predicted octanol–water partition coefficient (Wildman–Crippen LogP) is 4.10. The number of benzene rings is 2. The standard InChI is InChI=1S/C21H18N2O4/c1-2-27-21(26)16-5-9-17(10-6-16)22-14-19-4-3-13-23(19)18-11-7-15(8-12-18)20(24)25/h3-14H,2H2,1H3,(H,24,25). The molecule has 6 heteroatoms. The minimum absolute atomic E-state index is 0.239. The Bertz CT molecular complexity index is 970. The summed E-state index contributed by atoms with van der Waals surface area (Å²) < 4.78 is 6.86. The molecule has 1 N–H and O–H groups in total. The molecule has 0 saturated heterocycles. The maximum absolute atomic E-state index is 11.7. The van der Waals surface area contributed by atoms with Gasteiger partial charge < -0.3 is 14.4 Å². The zero-order valence-electron chi connectivity index (χ0n) is 14.7. The molecule has 0 spiro atoms. The highest BCUT2D eigenvalue weighted by Gasteiger charge is 2.06. The Morgan fingerprint density at radius 2 is 1.70 bits per heavy atom. The van der Waals surface area contributed by atoms with Crippen LogP contribution in [0.5, 0.6) is 0 Å². The van der Waals surface area contributed by atoms with Crippen LogP contribution in [0.25, 0.3) is 5.69 Å². The molecule has 136 valence electrons. The molecule has 2 aromatic carbocycles. The van der Waals surface area contributed by atoms with Crippen LogP contribution in [0, 0.1) is 0 Å². The number of ether oxygens (including phenoxy) is 1. The SMILES string of the molecule is CCOC(=O)c1ccc(N=Cc2cccn2-c2ccc(C(=O)O)cc2)cc1. The maximum Gasteiger partial charge on any atom is 0.338 e. The summed E-state index contributed by atoms with van der Waals surface area (Å²) in [7, 11) is 0. The van der Waals surface area contributed by atoms with Crippen LogP contribution in [0.2, 0.25) is 0 Å². The number of carbonyl (C=O) groups is 2. The fourth-order valence-electron chi connectivity index (χ4n) is 2.54. The first-order chi connectivity index (χ1) is 13.1. The van der Waals surface area contributed by atoms with Crippen molar-refractivity contribution in [2.24, 2.45) is 4.99 Å². The summed E-state index contributed by atoms with van der Waals surface area (Å²) in [5.74, 6) is -1.31. The minimum atomic E-state index is -0.956. The van der Waals surface area contributed by atoms with Gasteiger partial charge in [-0.3, -0.25) is 4.99 Å². The van der Waals surface area contributed by atoms with Gasteiger partial charge in [0.2, 0.25) is 0 Å². The van der Waals surface area contributed by atoms with Gasteiger partial charge in [0.1, 0.15) is 0 Å². The Labute approximate surface area is 156 Å². The molecule has 27 heavy (non-hydrogen) atoms. The summed E-state index contributed by atoms with van der Waals surface area (Å²) in [4.78, 5) is 27.1. The van der Waals surface area contributed by atoms with E-state index in [1.165, 1.54) is 0 Å². The molecular formula is C21H18N2O4. The van der Waals surface area contributed by atoms with Crippen molar-refractivity contribution in [3.8, 4) is 5.69 Å². The third-order valence-corrected chi connectivity index (χ3v) is 3.90. The van der Waals surface area contributed by atoms with E-state index in [1.807, 2.05) is 22.9 Å². The largest absolute Gasteiger partial charge is 0.478 e. The molecule has 1 heterocycles. The van der Waals surface area contributed by atoms with Crippen molar-refractivity contribution in [1.82, 2.24) is 4.57 Å². The number of nitrogens with zero attached hydrogens (tertiary/aromatic N) is 2. The molecule has 0 fully saturated rings. The van der Waals surface area contributed by atoms with Gasteiger partial charge in [0.05, 0.1) is 35.3 Å². The van der Waals surface area contributed by atoms with E-state index in [0.717, 1.165) is 11.4 Å². The summed E-state index contributed by atoms with van der Waals surface area (Å²) >= 11 is 0. The van der Waals surface area contributed by atoms with E-state index in [1.54, 1.807) is 61.7 Å². The highest BCUT2D eigenvalue weighted by atomic mass is 16.5. The number of carboxylic acids is 1. The molecule has 6 nitrogen and oxygen atoms in total. The molecule has 0 atom stereocenters. The fraction of sp³-hybridized carbons (Fsp3) is 0.0952. The molecule has 0 aliphatic rings. The number of carbonyl (C=O) groups excluding carboxylic acids is 1. The zero-order valence-corrected chi connectivity index (χ0v) is 14.7. The Morgan fingerprint density at radius 3 is 2.33 bits per heavy atom. The lowest BCUT2D eigenvalue weighted by atomic mass is 10.2. The summed E-state index contributed by atoms with van der Waals surface area (Å²) in [6.07, 6.45) is 3.59. The number of aromatic carboxylic acids is 1. The second-order valence-electron chi connectivity index (χ2n) is 5.68. The molecule has 0 aliphatic carbocycles. The second kappa shape index (κ2) is 8.14. The van der Waals surface area contributed by atoms with E-state index in [4.69, 9.17) is 9.84 Å². The molecule has 0 unspecified atom stereocenters. The number of hydrogen-bond acceptors (Lipinski definition) is 4. The maximum atomic E-state index is 11.7. The predicted molar refractivity (Wildman–Crippen MR) is 102 cm³/mol. The summed E-state index contributed by atoms with van der Waals surface area (Å²) in [6.45, 7) is 2.10. The van der Waals surface area contributed by atoms with E-state index in [0.29, 0.717) is 17.9 Å². The van der Waals surface area contributed by atoms with Crippen molar-refractivity contribution in [2.75, 3.05) is 6.61 Å². The Balaban J connectivity index is 1.78. The number of rotatable bonds is 6. The van der Waals surface area contributed by atoms with E-state index >= 15 is 0 Å². The Kier molecular flexibility index (Phi) is 5.47. The van der Waals surface area contributed by atoms with E-state index in [2.05, 4.69) is 4.99 Å².